The highest BCUT2D eigenvalue weighted by molar-refractivity contribution is 5.96. The van der Waals surface area contributed by atoms with Crippen LogP contribution in [0.2, 0.25) is 0 Å². The van der Waals surface area contributed by atoms with E-state index >= 15 is 0 Å². The summed E-state index contributed by atoms with van der Waals surface area (Å²) in [5.74, 6) is 1.69. The van der Waals surface area contributed by atoms with Crippen LogP contribution >= 0.6 is 0 Å². The molecule has 5 rings (SSSR count). The molecule has 5 heterocycles. The van der Waals surface area contributed by atoms with Gasteiger partial charge >= 0.3 is 0 Å². The zero-order valence-electron chi connectivity index (χ0n) is 19.0. The number of hydrogen-bond acceptors (Lipinski definition) is 10. The Labute approximate surface area is 194 Å². The van der Waals surface area contributed by atoms with Crippen LogP contribution < -0.4 is 9.47 Å². The molecule has 0 unspecified atom stereocenters. The monoisotopic (exact) mass is 465 g/mol. The van der Waals surface area contributed by atoms with E-state index in [9.17, 15) is 4.79 Å². The first-order chi connectivity index (χ1) is 16.6. The van der Waals surface area contributed by atoms with Crippen LogP contribution in [0.25, 0.3) is 17.2 Å². The van der Waals surface area contributed by atoms with Gasteiger partial charge in [-0.05, 0) is 19.1 Å². The van der Waals surface area contributed by atoms with Crippen molar-refractivity contribution in [1.82, 2.24) is 34.9 Å². The number of aryl methyl sites for hydroxylation is 1. The summed E-state index contributed by atoms with van der Waals surface area (Å²) in [7, 11) is 3.15. The molecule has 0 fully saturated rings. The number of fused-ring (bicyclic) bond motifs is 2. The van der Waals surface area contributed by atoms with Gasteiger partial charge < -0.3 is 23.6 Å². The molecule has 4 aromatic rings. The Morgan fingerprint density at radius 1 is 1.18 bits per heavy atom. The third-order valence-corrected chi connectivity index (χ3v) is 5.49. The molecule has 0 N–H and O–H groups in total. The van der Waals surface area contributed by atoms with Crippen molar-refractivity contribution >= 4 is 11.6 Å². The van der Waals surface area contributed by atoms with Crippen LogP contribution in [-0.2, 0) is 17.8 Å². The van der Waals surface area contributed by atoms with E-state index in [1.54, 1.807) is 43.2 Å². The van der Waals surface area contributed by atoms with Crippen LogP contribution in [0.4, 0.5) is 0 Å². The Hall–Kier alpha value is -4.06. The maximum Gasteiger partial charge on any atom is 0.275 e. The number of hydrogen-bond donors (Lipinski definition) is 0. The van der Waals surface area contributed by atoms with Crippen molar-refractivity contribution in [2.45, 2.75) is 20.0 Å². The number of methoxy groups -OCH3 is 2. The molecule has 1 aliphatic rings. The molecule has 0 bridgehead atoms. The lowest BCUT2D eigenvalue weighted by molar-refractivity contribution is 0.0676. The van der Waals surface area contributed by atoms with Crippen molar-refractivity contribution in [3.8, 4) is 23.1 Å². The van der Waals surface area contributed by atoms with Crippen LogP contribution in [0.15, 0.2) is 28.8 Å². The van der Waals surface area contributed by atoms with Crippen molar-refractivity contribution in [3.63, 3.8) is 0 Å². The second kappa shape index (κ2) is 9.06. The van der Waals surface area contributed by atoms with Gasteiger partial charge in [0.05, 0.1) is 30.7 Å². The van der Waals surface area contributed by atoms with E-state index in [0.29, 0.717) is 66.0 Å². The summed E-state index contributed by atoms with van der Waals surface area (Å²) in [6.07, 6.45) is 0.674. The standard InChI is InChI=1S/C22H23N7O5/c1-13-10-17(27-34-13)20-25-24-19-11-18(32-3)21(26-29(19)20)33-12-14-4-5-15-16(23-14)6-7-28(22(15)30)8-9-31-2/h4-5,10-11H,6-9,12H2,1-3H3. The molecular weight excluding hydrogens is 442 g/mol. The fourth-order valence-electron chi connectivity index (χ4n) is 3.76. The molecule has 0 spiro atoms. The average molecular weight is 465 g/mol. The van der Waals surface area contributed by atoms with Crippen LogP contribution in [0.5, 0.6) is 11.6 Å². The summed E-state index contributed by atoms with van der Waals surface area (Å²) in [5, 5.41) is 16.8. The lowest BCUT2D eigenvalue weighted by Crippen LogP contribution is -2.40. The molecule has 1 aliphatic heterocycles. The first-order valence-corrected chi connectivity index (χ1v) is 10.7. The predicted octanol–water partition coefficient (Wildman–Crippen LogP) is 1.72. The Kier molecular flexibility index (Phi) is 5.80. The number of amides is 1. The van der Waals surface area contributed by atoms with Gasteiger partial charge in [-0.2, -0.15) is 4.52 Å². The largest absolute Gasteiger partial charge is 0.491 e. The number of ether oxygens (including phenoxy) is 3. The zero-order chi connectivity index (χ0) is 23.7. The van der Waals surface area contributed by atoms with Crippen molar-refractivity contribution < 1.29 is 23.5 Å². The Morgan fingerprint density at radius 3 is 2.82 bits per heavy atom. The van der Waals surface area contributed by atoms with Crippen molar-refractivity contribution in [2.75, 3.05) is 33.9 Å². The van der Waals surface area contributed by atoms with Gasteiger partial charge in [-0.1, -0.05) is 5.16 Å². The van der Waals surface area contributed by atoms with Crippen LogP contribution in [0, 0.1) is 6.92 Å². The quantitative estimate of drug-likeness (QED) is 0.379. The van der Waals surface area contributed by atoms with Gasteiger partial charge in [-0.25, -0.2) is 0 Å². The number of carbonyl (C=O) groups is 1. The molecule has 176 valence electrons. The Morgan fingerprint density at radius 2 is 2.06 bits per heavy atom. The fourth-order valence-corrected chi connectivity index (χ4v) is 3.76. The van der Waals surface area contributed by atoms with Crippen LogP contribution in [0.1, 0.15) is 27.5 Å². The molecule has 0 saturated carbocycles. The minimum absolute atomic E-state index is 0.0321. The van der Waals surface area contributed by atoms with E-state index in [2.05, 4.69) is 25.4 Å². The van der Waals surface area contributed by atoms with Gasteiger partial charge in [0.2, 0.25) is 5.82 Å². The zero-order valence-corrected chi connectivity index (χ0v) is 19.0. The van der Waals surface area contributed by atoms with Crippen molar-refractivity contribution in [3.05, 3.63) is 47.0 Å². The average Bonchev–Trinajstić information content (AvgIpc) is 3.47. The van der Waals surface area contributed by atoms with E-state index in [1.165, 1.54) is 11.6 Å². The van der Waals surface area contributed by atoms with E-state index < -0.39 is 0 Å². The topological polar surface area (TPSA) is 130 Å². The first kappa shape index (κ1) is 21.8. The van der Waals surface area contributed by atoms with E-state index in [1.807, 2.05) is 0 Å². The smallest absolute Gasteiger partial charge is 0.275 e. The van der Waals surface area contributed by atoms with Crippen molar-refractivity contribution in [2.24, 2.45) is 0 Å². The molecule has 4 aromatic heterocycles. The van der Waals surface area contributed by atoms with Crippen molar-refractivity contribution in [1.29, 1.82) is 0 Å². The summed E-state index contributed by atoms with van der Waals surface area (Å²) in [6.45, 7) is 3.61. The number of rotatable bonds is 8. The van der Waals surface area contributed by atoms with Gasteiger partial charge in [-0.15, -0.1) is 15.3 Å². The molecule has 0 atom stereocenters. The first-order valence-electron chi connectivity index (χ1n) is 10.7. The predicted molar refractivity (Wildman–Crippen MR) is 118 cm³/mol. The van der Waals surface area contributed by atoms with Gasteiger partial charge in [0.25, 0.3) is 11.8 Å². The molecule has 12 nitrogen and oxygen atoms in total. The fraction of sp³-hybridized carbons (Fsp3) is 0.364. The molecular formula is C22H23N7O5. The Balaban J connectivity index is 1.37. The number of pyridine rings is 1. The molecule has 1 amide bonds. The minimum atomic E-state index is -0.0321. The summed E-state index contributed by atoms with van der Waals surface area (Å²) >= 11 is 0. The number of nitrogens with zero attached hydrogens (tertiary/aromatic N) is 7. The van der Waals surface area contributed by atoms with E-state index in [-0.39, 0.29) is 18.4 Å². The molecule has 0 saturated heterocycles. The molecule has 34 heavy (non-hydrogen) atoms. The maximum absolute atomic E-state index is 12.7. The number of carbonyl (C=O) groups excluding carboxylic acids is 1. The van der Waals surface area contributed by atoms with Gasteiger partial charge in [0.1, 0.15) is 12.4 Å². The SMILES string of the molecule is COCCN1CCc2nc(COc3nn4c(-c5cc(C)on5)nnc4cc3OC)ccc2C1=O. The lowest BCUT2D eigenvalue weighted by atomic mass is 10.0. The van der Waals surface area contributed by atoms with E-state index in [4.69, 9.17) is 18.7 Å². The summed E-state index contributed by atoms with van der Waals surface area (Å²) in [4.78, 5) is 19.1. The van der Waals surface area contributed by atoms with Crippen LogP contribution in [-0.4, -0.2) is 74.7 Å². The van der Waals surface area contributed by atoms with Gasteiger partial charge in [-0.3, -0.25) is 9.78 Å². The highest BCUT2D eigenvalue weighted by atomic mass is 16.5. The lowest BCUT2D eigenvalue weighted by Gasteiger charge is -2.28. The summed E-state index contributed by atoms with van der Waals surface area (Å²) in [6, 6.07) is 7.00. The Bertz CT molecular complexity index is 1350. The third-order valence-electron chi connectivity index (χ3n) is 5.49. The molecule has 0 radical (unpaired) electrons. The van der Waals surface area contributed by atoms with E-state index in [0.717, 1.165) is 5.69 Å². The minimum Gasteiger partial charge on any atom is -0.491 e. The normalized spacial score (nSPS) is 13.4. The highest BCUT2D eigenvalue weighted by Crippen LogP contribution is 2.28. The van der Waals surface area contributed by atoms with Gasteiger partial charge in [0, 0.05) is 38.8 Å². The van der Waals surface area contributed by atoms with Gasteiger partial charge in [0.15, 0.2) is 17.1 Å². The molecule has 12 heteroatoms. The highest BCUT2D eigenvalue weighted by Gasteiger charge is 2.25. The molecule has 0 aliphatic carbocycles. The molecule has 0 aromatic carbocycles. The third kappa shape index (κ3) is 4.03. The second-order valence-electron chi connectivity index (χ2n) is 7.75. The summed E-state index contributed by atoms with van der Waals surface area (Å²) < 4.78 is 23.1. The van der Waals surface area contributed by atoms with Crippen LogP contribution in [0.3, 0.4) is 0 Å². The number of aromatic nitrogens is 6. The second-order valence-corrected chi connectivity index (χ2v) is 7.75. The summed E-state index contributed by atoms with van der Waals surface area (Å²) in [5.41, 5.74) is 3.03. The maximum atomic E-state index is 12.7.